The summed E-state index contributed by atoms with van der Waals surface area (Å²) in [5.41, 5.74) is 0.672. The van der Waals surface area contributed by atoms with Crippen LogP contribution in [-0.4, -0.2) is 54.0 Å². The average Bonchev–Trinajstić information content (AvgIpc) is 2.81. The van der Waals surface area contributed by atoms with E-state index in [0.29, 0.717) is 23.4 Å². The molecule has 3 heterocycles. The van der Waals surface area contributed by atoms with E-state index in [1.165, 1.54) is 39.2 Å². The molecule has 3 aliphatic rings. The Morgan fingerprint density at radius 1 is 1.10 bits per heavy atom. The maximum Gasteiger partial charge on any atom is 0.236 e. The number of aromatic nitrogens is 1. The molecule has 0 bridgehead atoms. The van der Waals surface area contributed by atoms with Crippen molar-refractivity contribution < 1.29 is 14.3 Å². The van der Waals surface area contributed by atoms with Gasteiger partial charge in [0.2, 0.25) is 17.7 Å². The van der Waals surface area contributed by atoms with Gasteiger partial charge < -0.3 is 15.0 Å². The Morgan fingerprint density at radius 3 is 2.72 bits per heavy atom. The van der Waals surface area contributed by atoms with Crippen LogP contribution in [0, 0.1) is 0 Å². The van der Waals surface area contributed by atoms with Crippen LogP contribution in [0.1, 0.15) is 51.4 Å². The number of piperidine rings is 1. The van der Waals surface area contributed by atoms with Gasteiger partial charge in [-0.2, -0.15) is 4.98 Å². The number of anilines is 2. The van der Waals surface area contributed by atoms with Crippen molar-refractivity contribution in [2.75, 3.05) is 30.4 Å². The summed E-state index contributed by atoms with van der Waals surface area (Å²) in [6.45, 7) is 1.92. The van der Waals surface area contributed by atoms with Crippen LogP contribution in [0.4, 0.5) is 11.5 Å². The van der Waals surface area contributed by atoms with Crippen LogP contribution in [0.3, 0.4) is 0 Å². The van der Waals surface area contributed by atoms with Crippen molar-refractivity contribution in [3.63, 3.8) is 0 Å². The van der Waals surface area contributed by atoms with Crippen LogP contribution >= 0.6 is 0 Å². The van der Waals surface area contributed by atoms with E-state index < -0.39 is 0 Å². The summed E-state index contributed by atoms with van der Waals surface area (Å²) < 4.78 is 5.19. The second-order valence-corrected chi connectivity index (χ2v) is 8.11. The zero-order chi connectivity index (χ0) is 20.2. The number of nitrogens with one attached hydrogen (secondary N) is 1. The third-order valence-corrected chi connectivity index (χ3v) is 6.22. The molecule has 2 amide bonds. The fourth-order valence-electron chi connectivity index (χ4n) is 4.69. The molecule has 2 aliphatic heterocycles. The number of rotatable bonds is 3. The van der Waals surface area contributed by atoms with Crippen LogP contribution in [0.25, 0.3) is 0 Å². The Hall–Kier alpha value is -2.41. The highest BCUT2D eigenvalue weighted by Gasteiger charge is 2.35. The van der Waals surface area contributed by atoms with Crippen molar-refractivity contribution in [1.29, 1.82) is 0 Å². The fraction of sp³-hybridized carbons (Fsp3) is 0.591. The van der Waals surface area contributed by atoms with E-state index >= 15 is 0 Å². The molecule has 0 radical (unpaired) electrons. The molecule has 0 saturated carbocycles. The van der Waals surface area contributed by atoms with Crippen LogP contribution < -0.4 is 15.0 Å². The van der Waals surface area contributed by atoms with Crippen molar-refractivity contribution in [2.24, 2.45) is 0 Å². The van der Waals surface area contributed by atoms with Crippen molar-refractivity contribution >= 4 is 23.3 Å². The van der Waals surface area contributed by atoms with Crippen LogP contribution in [0.15, 0.2) is 24.3 Å². The molecule has 0 aromatic carbocycles. The summed E-state index contributed by atoms with van der Waals surface area (Å²) in [7, 11) is 1.54. The van der Waals surface area contributed by atoms with Crippen LogP contribution in [-0.2, 0) is 9.59 Å². The van der Waals surface area contributed by atoms with E-state index in [1.807, 2.05) is 6.07 Å². The van der Waals surface area contributed by atoms with Gasteiger partial charge in [0.15, 0.2) is 5.82 Å². The van der Waals surface area contributed by atoms with Gasteiger partial charge in [-0.3, -0.25) is 14.5 Å². The predicted molar refractivity (Wildman–Crippen MR) is 112 cm³/mol. The first-order valence-corrected chi connectivity index (χ1v) is 10.7. The van der Waals surface area contributed by atoms with Gasteiger partial charge in [0.05, 0.1) is 12.8 Å². The minimum Gasteiger partial charge on any atom is -0.481 e. The van der Waals surface area contributed by atoms with Gasteiger partial charge in [0.25, 0.3) is 0 Å². The van der Waals surface area contributed by atoms with E-state index in [4.69, 9.17) is 4.74 Å². The Kier molecular flexibility index (Phi) is 6.13. The minimum absolute atomic E-state index is 0.0814. The maximum atomic E-state index is 12.9. The number of amides is 2. The number of hydrogen-bond donors (Lipinski definition) is 1. The SMILES string of the molecule is COc1ccc2c(n1)NC(=O)CC(=O)N2C1CCN(C2/C=C\CCCCC2)CC1. The van der Waals surface area contributed by atoms with Gasteiger partial charge in [-0.15, -0.1) is 0 Å². The molecule has 1 aromatic rings. The lowest BCUT2D eigenvalue weighted by Gasteiger charge is -2.41. The summed E-state index contributed by atoms with van der Waals surface area (Å²) >= 11 is 0. The normalized spacial score (nSPS) is 25.4. The topological polar surface area (TPSA) is 74.8 Å². The molecule has 1 saturated heterocycles. The Bertz CT molecular complexity index is 786. The number of methoxy groups -OCH3 is 1. The molecule has 0 spiro atoms. The lowest BCUT2D eigenvalue weighted by atomic mass is 9.96. The van der Waals surface area contributed by atoms with Crippen molar-refractivity contribution in [3.8, 4) is 5.88 Å². The predicted octanol–water partition coefficient (Wildman–Crippen LogP) is 3.12. The first-order chi connectivity index (χ1) is 14.2. The largest absolute Gasteiger partial charge is 0.481 e. The van der Waals surface area contributed by atoms with Crippen molar-refractivity contribution in [2.45, 2.75) is 63.5 Å². The minimum atomic E-state index is -0.323. The molecule has 4 rings (SSSR count). The lowest BCUT2D eigenvalue weighted by Crippen LogP contribution is -2.49. The van der Waals surface area contributed by atoms with Gasteiger partial charge in [-0.1, -0.05) is 25.0 Å². The number of pyridine rings is 1. The first kappa shape index (κ1) is 19.9. The molecule has 1 aromatic heterocycles. The molecule has 1 fully saturated rings. The number of ether oxygens (including phenoxy) is 1. The highest BCUT2D eigenvalue weighted by Crippen LogP contribution is 2.34. The van der Waals surface area contributed by atoms with Crippen LogP contribution in [0.2, 0.25) is 0 Å². The number of allylic oxidation sites excluding steroid dienone is 1. The molecular formula is C22H30N4O3. The molecule has 29 heavy (non-hydrogen) atoms. The average molecular weight is 399 g/mol. The molecule has 1 aliphatic carbocycles. The van der Waals surface area contributed by atoms with E-state index in [1.54, 1.807) is 11.0 Å². The Balaban J connectivity index is 1.50. The number of carbonyl (C=O) groups is 2. The van der Waals surface area contributed by atoms with E-state index in [0.717, 1.165) is 25.9 Å². The number of nitrogens with zero attached hydrogens (tertiary/aromatic N) is 3. The quantitative estimate of drug-likeness (QED) is 0.625. The van der Waals surface area contributed by atoms with Crippen molar-refractivity contribution in [3.05, 3.63) is 24.3 Å². The first-order valence-electron chi connectivity index (χ1n) is 10.7. The molecule has 1 N–H and O–H groups in total. The van der Waals surface area contributed by atoms with Gasteiger partial charge >= 0.3 is 0 Å². The lowest BCUT2D eigenvalue weighted by molar-refractivity contribution is -0.125. The fourth-order valence-corrected chi connectivity index (χ4v) is 4.69. The number of carbonyl (C=O) groups excluding carboxylic acids is 2. The number of fused-ring (bicyclic) bond motifs is 1. The van der Waals surface area contributed by atoms with E-state index in [9.17, 15) is 9.59 Å². The highest BCUT2D eigenvalue weighted by molar-refractivity contribution is 6.14. The highest BCUT2D eigenvalue weighted by atomic mass is 16.5. The Labute approximate surface area is 172 Å². The molecule has 1 atom stereocenters. The van der Waals surface area contributed by atoms with E-state index in [2.05, 4.69) is 27.4 Å². The summed E-state index contributed by atoms with van der Waals surface area (Å²) in [6, 6.07) is 4.16. The van der Waals surface area contributed by atoms with Crippen molar-refractivity contribution in [1.82, 2.24) is 9.88 Å². The zero-order valence-corrected chi connectivity index (χ0v) is 17.1. The van der Waals surface area contributed by atoms with Gasteiger partial charge in [-0.05, 0) is 38.2 Å². The Morgan fingerprint density at radius 2 is 1.93 bits per heavy atom. The second kappa shape index (κ2) is 8.95. The number of likely N-dealkylation sites (tertiary alicyclic amines) is 1. The molecule has 7 heteroatoms. The zero-order valence-electron chi connectivity index (χ0n) is 17.1. The van der Waals surface area contributed by atoms with Crippen LogP contribution in [0.5, 0.6) is 5.88 Å². The smallest absolute Gasteiger partial charge is 0.236 e. The van der Waals surface area contributed by atoms with E-state index in [-0.39, 0.29) is 24.3 Å². The maximum absolute atomic E-state index is 12.9. The number of hydrogen-bond acceptors (Lipinski definition) is 5. The van der Waals surface area contributed by atoms with Gasteiger partial charge in [0, 0.05) is 31.2 Å². The second-order valence-electron chi connectivity index (χ2n) is 8.11. The third kappa shape index (κ3) is 4.45. The molecular weight excluding hydrogens is 368 g/mol. The third-order valence-electron chi connectivity index (χ3n) is 6.22. The monoisotopic (exact) mass is 398 g/mol. The molecule has 1 unspecified atom stereocenters. The van der Waals surface area contributed by atoms with Gasteiger partial charge in [0.1, 0.15) is 6.42 Å². The molecule has 156 valence electrons. The van der Waals surface area contributed by atoms with Gasteiger partial charge in [-0.25, -0.2) is 0 Å². The summed E-state index contributed by atoms with van der Waals surface area (Å²) in [5, 5.41) is 2.76. The summed E-state index contributed by atoms with van der Waals surface area (Å²) in [6.07, 6.45) is 12.7. The summed E-state index contributed by atoms with van der Waals surface area (Å²) in [5.74, 6) is 0.351. The molecule has 7 nitrogen and oxygen atoms in total. The summed E-state index contributed by atoms with van der Waals surface area (Å²) in [4.78, 5) is 33.7. The standard InChI is InChI=1S/C22H30N4O3/c1-29-20-10-9-18-22(24-20)23-19(27)15-21(28)26(18)17-11-13-25(14-12-17)16-7-5-3-2-4-6-8-16/h5,7,9-10,16-17H,2-4,6,8,11-15H2,1H3,(H,23,24,27)/b7-5-.